The standard InChI is InChI=1S/C13H15FN6O2/c14-9-8-10(17-12(16-9)19-4-3-6(15)5-19)20(7-1-2-7)13(22)18-11(8)21/h6-7H,1-5,15H2,(H,18,21,22). The van der Waals surface area contributed by atoms with Crippen LogP contribution in [-0.2, 0) is 0 Å². The molecule has 1 aliphatic carbocycles. The minimum Gasteiger partial charge on any atom is -0.339 e. The molecule has 1 atom stereocenters. The Morgan fingerprint density at radius 2 is 2.00 bits per heavy atom. The van der Waals surface area contributed by atoms with E-state index in [2.05, 4.69) is 15.0 Å². The maximum Gasteiger partial charge on any atom is 0.330 e. The normalized spacial score (nSPS) is 21.7. The number of halogens is 1. The molecule has 2 fully saturated rings. The number of nitrogens with two attached hydrogens (primary N) is 1. The highest BCUT2D eigenvalue weighted by Gasteiger charge is 2.30. The number of nitrogens with one attached hydrogen (secondary N) is 1. The molecule has 0 bridgehead atoms. The van der Waals surface area contributed by atoms with Crippen molar-refractivity contribution in [3.63, 3.8) is 0 Å². The number of fused-ring (bicyclic) bond motifs is 1. The second kappa shape index (κ2) is 4.60. The zero-order valence-corrected chi connectivity index (χ0v) is 11.8. The molecule has 0 aromatic carbocycles. The van der Waals surface area contributed by atoms with E-state index in [4.69, 9.17) is 5.73 Å². The van der Waals surface area contributed by atoms with Gasteiger partial charge in [0.1, 0.15) is 5.39 Å². The van der Waals surface area contributed by atoms with Gasteiger partial charge < -0.3 is 10.6 Å². The Labute approximate surface area is 123 Å². The lowest BCUT2D eigenvalue weighted by Gasteiger charge is -2.17. The number of nitrogens with zero attached hydrogens (tertiary/aromatic N) is 4. The smallest absolute Gasteiger partial charge is 0.330 e. The fourth-order valence-corrected chi connectivity index (χ4v) is 2.88. The first-order valence-corrected chi connectivity index (χ1v) is 7.27. The summed E-state index contributed by atoms with van der Waals surface area (Å²) in [5.41, 5.74) is 4.57. The first-order chi connectivity index (χ1) is 10.5. The molecule has 2 aromatic heterocycles. The molecule has 2 aliphatic rings. The van der Waals surface area contributed by atoms with Crippen LogP contribution < -0.4 is 21.9 Å². The zero-order chi connectivity index (χ0) is 15.4. The molecule has 0 radical (unpaired) electrons. The van der Waals surface area contributed by atoms with Gasteiger partial charge in [0, 0.05) is 25.2 Å². The van der Waals surface area contributed by atoms with Crippen LogP contribution in [0.1, 0.15) is 25.3 Å². The molecule has 4 rings (SSSR count). The van der Waals surface area contributed by atoms with Crippen LogP contribution in [0, 0.1) is 5.95 Å². The van der Waals surface area contributed by atoms with Gasteiger partial charge in [0.2, 0.25) is 11.9 Å². The van der Waals surface area contributed by atoms with E-state index < -0.39 is 17.2 Å². The van der Waals surface area contributed by atoms with E-state index in [1.54, 1.807) is 4.90 Å². The summed E-state index contributed by atoms with van der Waals surface area (Å²) in [6.07, 6.45) is 2.40. The third-order valence-electron chi connectivity index (χ3n) is 4.15. The van der Waals surface area contributed by atoms with Crippen LogP contribution in [0.4, 0.5) is 10.3 Å². The van der Waals surface area contributed by atoms with Crippen molar-refractivity contribution in [1.82, 2.24) is 19.5 Å². The zero-order valence-electron chi connectivity index (χ0n) is 11.8. The Morgan fingerprint density at radius 1 is 1.23 bits per heavy atom. The topological polar surface area (TPSA) is 110 Å². The van der Waals surface area contributed by atoms with E-state index in [0.29, 0.717) is 13.1 Å². The number of rotatable bonds is 2. The molecular weight excluding hydrogens is 291 g/mol. The van der Waals surface area contributed by atoms with Gasteiger partial charge >= 0.3 is 5.69 Å². The van der Waals surface area contributed by atoms with Crippen molar-refractivity contribution in [2.24, 2.45) is 5.73 Å². The summed E-state index contributed by atoms with van der Waals surface area (Å²) in [5, 5.41) is -0.265. The van der Waals surface area contributed by atoms with Crippen molar-refractivity contribution in [3.05, 3.63) is 26.8 Å². The van der Waals surface area contributed by atoms with Crippen molar-refractivity contribution >= 4 is 17.0 Å². The summed E-state index contributed by atoms with van der Waals surface area (Å²) in [4.78, 5) is 35.9. The molecule has 2 aromatic rings. The SMILES string of the molecule is NC1CCN(c2nc(F)c3c(=O)[nH]c(=O)n(C4CC4)c3n2)C1. The van der Waals surface area contributed by atoms with Crippen molar-refractivity contribution in [2.75, 3.05) is 18.0 Å². The largest absolute Gasteiger partial charge is 0.339 e. The van der Waals surface area contributed by atoms with Gasteiger partial charge in [-0.2, -0.15) is 14.4 Å². The lowest BCUT2D eigenvalue weighted by atomic mass is 10.3. The van der Waals surface area contributed by atoms with Gasteiger partial charge in [-0.1, -0.05) is 0 Å². The van der Waals surface area contributed by atoms with E-state index in [9.17, 15) is 14.0 Å². The molecule has 3 heterocycles. The molecule has 9 heteroatoms. The minimum atomic E-state index is -0.906. The van der Waals surface area contributed by atoms with Crippen LogP contribution >= 0.6 is 0 Å². The van der Waals surface area contributed by atoms with Crippen molar-refractivity contribution in [1.29, 1.82) is 0 Å². The summed E-state index contributed by atoms with van der Waals surface area (Å²) in [5.74, 6) is -0.728. The summed E-state index contributed by atoms with van der Waals surface area (Å²) >= 11 is 0. The van der Waals surface area contributed by atoms with Crippen molar-refractivity contribution in [3.8, 4) is 0 Å². The molecule has 116 valence electrons. The quantitative estimate of drug-likeness (QED) is 0.723. The maximum absolute atomic E-state index is 14.3. The van der Waals surface area contributed by atoms with Gasteiger partial charge in [-0.05, 0) is 19.3 Å². The molecule has 8 nitrogen and oxygen atoms in total. The van der Waals surface area contributed by atoms with Crippen molar-refractivity contribution < 1.29 is 4.39 Å². The van der Waals surface area contributed by atoms with E-state index in [1.807, 2.05) is 0 Å². The summed E-state index contributed by atoms with van der Waals surface area (Å²) < 4.78 is 15.7. The van der Waals surface area contributed by atoms with Crippen LogP contribution in [0.3, 0.4) is 0 Å². The minimum absolute atomic E-state index is 0.00726. The highest BCUT2D eigenvalue weighted by Crippen LogP contribution is 2.35. The van der Waals surface area contributed by atoms with E-state index in [0.717, 1.165) is 19.3 Å². The second-order valence-corrected chi connectivity index (χ2v) is 5.87. The average molecular weight is 306 g/mol. The van der Waals surface area contributed by atoms with Crippen LogP contribution in [-0.4, -0.2) is 38.7 Å². The fraction of sp³-hybridized carbons (Fsp3) is 0.538. The summed E-state index contributed by atoms with van der Waals surface area (Å²) in [6, 6.07) is -0.0398. The molecule has 0 spiro atoms. The van der Waals surface area contributed by atoms with Crippen molar-refractivity contribution in [2.45, 2.75) is 31.3 Å². The van der Waals surface area contributed by atoms with Gasteiger partial charge in [-0.25, -0.2) is 4.79 Å². The molecule has 3 N–H and O–H groups in total. The monoisotopic (exact) mass is 306 g/mol. The first kappa shape index (κ1) is 13.4. The second-order valence-electron chi connectivity index (χ2n) is 5.87. The molecule has 1 aliphatic heterocycles. The predicted octanol–water partition coefficient (Wildman–Crippen LogP) is -0.509. The number of H-pyrrole nitrogens is 1. The highest BCUT2D eigenvalue weighted by molar-refractivity contribution is 5.75. The molecular formula is C13H15FN6O2. The molecule has 1 saturated carbocycles. The van der Waals surface area contributed by atoms with Gasteiger partial charge in [0.05, 0.1) is 0 Å². The highest BCUT2D eigenvalue weighted by atomic mass is 19.1. The Bertz CT molecular complexity index is 871. The van der Waals surface area contributed by atoms with E-state index >= 15 is 0 Å². The predicted molar refractivity (Wildman–Crippen MR) is 77.5 cm³/mol. The molecule has 0 amide bonds. The Hall–Kier alpha value is -2.29. The Balaban J connectivity index is 1.97. The van der Waals surface area contributed by atoms with Gasteiger partial charge in [0.25, 0.3) is 5.56 Å². The molecule has 22 heavy (non-hydrogen) atoms. The Morgan fingerprint density at radius 3 is 2.64 bits per heavy atom. The fourth-order valence-electron chi connectivity index (χ4n) is 2.88. The van der Waals surface area contributed by atoms with Crippen LogP contribution in [0.15, 0.2) is 9.59 Å². The van der Waals surface area contributed by atoms with Crippen LogP contribution in [0.5, 0.6) is 0 Å². The van der Waals surface area contributed by atoms with Gasteiger partial charge in [-0.15, -0.1) is 0 Å². The maximum atomic E-state index is 14.3. The summed E-state index contributed by atoms with van der Waals surface area (Å²) in [6.45, 7) is 1.16. The van der Waals surface area contributed by atoms with Crippen LogP contribution in [0.25, 0.3) is 11.0 Å². The molecule has 1 unspecified atom stereocenters. The lowest BCUT2D eigenvalue weighted by molar-refractivity contribution is 0.584. The third-order valence-corrected chi connectivity index (χ3v) is 4.15. The third kappa shape index (κ3) is 2.00. The molecule has 1 saturated heterocycles. The number of anilines is 1. The lowest BCUT2D eigenvalue weighted by Crippen LogP contribution is -2.33. The van der Waals surface area contributed by atoms with Gasteiger partial charge in [-0.3, -0.25) is 14.3 Å². The van der Waals surface area contributed by atoms with E-state index in [1.165, 1.54) is 4.57 Å². The van der Waals surface area contributed by atoms with Crippen LogP contribution in [0.2, 0.25) is 0 Å². The average Bonchev–Trinajstić information content (AvgIpc) is 3.18. The summed E-state index contributed by atoms with van der Waals surface area (Å²) in [7, 11) is 0. The Kier molecular flexibility index (Phi) is 2.80. The van der Waals surface area contributed by atoms with Gasteiger partial charge in [0.15, 0.2) is 5.65 Å². The number of aromatic nitrogens is 4. The number of hydrogen-bond acceptors (Lipinski definition) is 6. The number of hydrogen-bond donors (Lipinski definition) is 2. The first-order valence-electron chi connectivity index (χ1n) is 7.27. The van der Waals surface area contributed by atoms with E-state index in [-0.39, 0.29) is 29.1 Å². The number of aromatic amines is 1.